The van der Waals surface area contributed by atoms with Crippen LogP contribution in [-0.2, 0) is 10.5 Å². The molecule has 1 aromatic carbocycles. The number of ketones is 1. The summed E-state index contributed by atoms with van der Waals surface area (Å²) in [7, 11) is 0. The zero-order valence-corrected chi connectivity index (χ0v) is 18.1. The molecule has 3 aromatic rings. The van der Waals surface area contributed by atoms with E-state index in [4.69, 9.17) is 4.99 Å². The number of aryl methyl sites for hydroxylation is 2. The molecular formula is C21H22N4OS2. The number of hydrogen-bond donors (Lipinski definition) is 1. The predicted octanol–water partition coefficient (Wildman–Crippen LogP) is 4.56. The molecule has 0 saturated heterocycles. The van der Waals surface area contributed by atoms with E-state index >= 15 is 0 Å². The second-order valence-electron chi connectivity index (χ2n) is 7.16. The van der Waals surface area contributed by atoms with Crippen LogP contribution >= 0.6 is 24.0 Å². The van der Waals surface area contributed by atoms with Gasteiger partial charge in [0.05, 0.1) is 5.71 Å². The SMILES string of the molecule is CC(=O)C[C@@H]1N=C(c2ccc(CS)cc2)c2c(sc(C)c2C)-n2c(C)nnc21. The molecule has 0 saturated carbocycles. The van der Waals surface area contributed by atoms with Crippen molar-refractivity contribution in [1.29, 1.82) is 0 Å². The van der Waals surface area contributed by atoms with Gasteiger partial charge < -0.3 is 0 Å². The Bertz CT molecular complexity index is 1090. The zero-order chi connectivity index (χ0) is 20.0. The Morgan fingerprint density at radius 1 is 1.18 bits per heavy atom. The highest BCUT2D eigenvalue weighted by Crippen LogP contribution is 2.39. The van der Waals surface area contributed by atoms with Crippen molar-refractivity contribution in [2.75, 3.05) is 0 Å². The number of benzene rings is 1. The van der Waals surface area contributed by atoms with E-state index in [2.05, 4.69) is 65.5 Å². The fraction of sp³-hybridized carbons (Fsp3) is 0.333. The number of carbonyl (C=O) groups is 1. The Morgan fingerprint density at radius 3 is 2.54 bits per heavy atom. The van der Waals surface area contributed by atoms with Crippen LogP contribution in [0.3, 0.4) is 0 Å². The van der Waals surface area contributed by atoms with Gasteiger partial charge in [0.25, 0.3) is 0 Å². The molecule has 4 rings (SSSR count). The van der Waals surface area contributed by atoms with Crippen molar-refractivity contribution in [2.45, 2.75) is 45.9 Å². The van der Waals surface area contributed by atoms with Crippen molar-refractivity contribution in [3.05, 3.63) is 63.0 Å². The third-order valence-corrected chi connectivity index (χ3v) is 6.69. The molecule has 0 amide bonds. The molecule has 0 radical (unpaired) electrons. The molecule has 1 aliphatic rings. The second-order valence-corrected chi connectivity index (χ2v) is 8.68. The van der Waals surface area contributed by atoms with Gasteiger partial charge in [-0.05, 0) is 38.8 Å². The van der Waals surface area contributed by atoms with Crippen LogP contribution in [0.25, 0.3) is 5.00 Å². The van der Waals surface area contributed by atoms with Gasteiger partial charge in [-0.1, -0.05) is 24.3 Å². The molecule has 5 nitrogen and oxygen atoms in total. The normalized spacial score (nSPS) is 15.6. The van der Waals surface area contributed by atoms with Gasteiger partial charge in [-0.2, -0.15) is 12.6 Å². The number of carbonyl (C=O) groups excluding carboxylic acids is 1. The van der Waals surface area contributed by atoms with E-state index in [1.165, 1.54) is 10.4 Å². The van der Waals surface area contributed by atoms with Crippen molar-refractivity contribution >= 4 is 35.5 Å². The third kappa shape index (κ3) is 3.12. The summed E-state index contributed by atoms with van der Waals surface area (Å²) in [5, 5.41) is 9.76. The predicted molar refractivity (Wildman–Crippen MR) is 116 cm³/mol. The number of rotatable bonds is 4. The summed E-state index contributed by atoms with van der Waals surface area (Å²) >= 11 is 6.08. The molecule has 7 heteroatoms. The molecule has 3 heterocycles. The van der Waals surface area contributed by atoms with E-state index in [0.717, 1.165) is 39.1 Å². The van der Waals surface area contributed by atoms with Gasteiger partial charge >= 0.3 is 0 Å². The fourth-order valence-corrected chi connectivity index (χ4v) is 4.99. The minimum absolute atomic E-state index is 0.0869. The minimum Gasteiger partial charge on any atom is -0.300 e. The van der Waals surface area contributed by atoms with Gasteiger partial charge in [0, 0.05) is 28.2 Å². The number of thiophene rings is 1. The van der Waals surface area contributed by atoms with Crippen LogP contribution in [0.2, 0.25) is 0 Å². The first kappa shape index (κ1) is 19.1. The molecule has 0 unspecified atom stereocenters. The Labute approximate surface area is 174 Å². The number of fused-ring (bicyclic) bond motifs is 3. The van der Waals surface area contributed by atoms with Gasteiger partial charge in [0.15, 0.2) is 5.82 Å². The summed E-state index contributed by atoms with van der Waals surface area (Å²) in [6, 6.07) is 7.98. The smallest absolute Gasteiger partial charge is 0.163 e. The Morgan fingerprint density at radius 2 is 1.89 bits per heavy atom. The van der Waals surface area contributed by atoms with Crippen LogP contribution in [0.4, 0.5) is 0 Å². The van der Waals surface area contributed by atoms with Crippen LogP contribution in [0.5, 0.6) is 0 Å². The van der Waals surface area contributed by atoms with Gasteiger partial charge in [0.2, 0.25) is 0 Å². The standard InChI is InChI=1S/C21H22N4OS2/c1-11(26)9-17-20-24-23-14(4)25(20)21-18(12(2)13(3)28-21)19(22-17)16-7-5-15(10-27)6-8-16/h5-8,17,27H,9-10H2,1-4H3/t17-/m0/s1. The van der Waals surface area contributed by atoms with Gasteiger partial charge in [-0.25, -0.2) is 0 Å². The number of thiol groups is 1. The summed E-state index contributed by atoms with van der Waals surface area (Å²) < 4.78 is 2.08. The topological polar surface area (TPSA) is 60.1 Å². The number of Topliss-reactive ketones (excluding diaryl/α,β-unsaturated/α-hetero) is 1. The highest BCUT2D eigenvalue weighted by molar-refractivity contribution is 7.79. The van der Waals surface area contributed by atoms with Crippen molar-refractivity contribution in [1.82, 2.24) is 14.8 Å². The monoisotopic (exact) mass is 410 g/mol. The van der Waals surface area contributed by atoms with Gasteiger partial charge in [-0.15, -0.1) is 21.5 Å². The molecule has 0 N–H and O–H groups in total. The Balaban J connectivity index is 2.00. The first-order chi connectivity index (χ1) is 13.4. The maximum atomic E-state index is 12.0. The van der Waals surface area contributed by atoms with Crippen molar-refractivity contribution in [3.63, 3.8) is 0 Å². The first-order valence-corrected chi connectivity index (χ1v) is 10.7. The summed E-state index contributed by atoms with van der Waals surface area (Å²) in [4.78, 5) is 18.3. The lowest BCUT2D eigenvalue weighted by Crippen LogP contribution is -2.09. The maximum absolute atomic E-state index is 12.0. The van der Waals surface area contributed by atoms with Crippen molar-refractivity contribution in [3.8, 4) is 5.00 Å². The molecule has 144 valence electrons. The van der Waals surface area contributed by atoms with Crippen LogP contribution < -0.4 is 0 Å². The number of nitrogens with zero attached hydrogens (tertiary/aromatic N) is 4. The average Bonchev–Trinajstić information content (AvgIpc) is 3.14. The largest absolute Gasteiger partial charge is 0.300 e. The van der Waals surface area contributed by atoms with Crippen LogP contribution in [0.15, 0.2) is 29.3 Å². The van der Waals surface area contributed by atoms with E-state index in [1.54, 1.807) is 18.3 Å². The molecule has 1 atom stereocenters. The lowest BCUT2D eigenvalue weighted by molar-refractivity contribution is -0.117. The van der Waals surface area contributed by atoms with E-state index in [1.807, 2.05) is 6.92 Å². The van der Waals surface area contributed by atoms with Crippen LogP contribution in [0.1, 0.15) is 58.2 Å². The fourth-order valence-electron chi connectivity index (χ4n) is 3.57. The molecule has 0 fully saturated rings. The first-order valence-electron chi connectivity index (χ1n) is 9.20. The van der Waals surface area contributed by atoms with Gasteiger partial charge in [-0.3, -0.25) is 14.4 Å². The Kier molecular flexibility index (Phi) is 4.97. The lowest BCUT2D eigenvalue weighted by Gasteiger charge is -2.11. The van der Waals surface area contributed by atoms with Crippen LogP contribution in [-0.4, -0.2) is 26.3 Å². The average molecular weight is 411 g/mol. The molecule has 0 spiro atoms. The summed E-state index contributed by atoms with van der Waals surface area (Å²) in [5.41, 5.74) is 5.43. The highest BCUT2D eigenvalue weighted by Gasteiger charge is 2.31. The number of aliphatic imine (C=N–C) groups is 1. The quantitative estimate of drug-likeness (QED) is 0.642. The summed E-state index contributed by atoms with van der Waals surface area (Å²) in [6.45, 7) is 7.80. The zero-order valence-electron chi connectivity index (χ0n) is 16.4. The minimum atomic E-state index is -0.349. The number of hydrogen-bond acceptors (Lipinski definition) is 6. The lowest BCUT2D eigenvalue weighted by atomic mass is 9.98. The summed E-state index contributed by atoms with van der Waals surface area (Å²) in [5.74, 6) is 2.33. The third-order valence-electron chi connectivity index (χ3n) is 5.13. The van der Waals surface area contributed by atoms with Crippen LogP contribution in [0, 0.1) is 20.8 Å². The summed E-state index contributed by atoms with van der Waals surface area (Å²) in [6.07, 6.45) is 0.309. The Hall–Kier alpha value is -2.25. The molecular weight excluding hydrogens is 388 g/mol. The number of aromatic nitrogens is 3. The second kappa shape index (κ2) is 7.29. The van der Waals surface area contributed by atoms with Crippen molar-refractivity contribution < 1.29 is 4.79 Å². The van der Waals surface area contributed by atoms with E-state index in [-0.39, 0.29) is 11.8 Å². The molecule has 0 aliphatic carbocycles. The van der Waals surface area contributed by atoms with E-state index in [0.29, 0.717) is 12.2 Å². The van der Waals surface area contributed by atoms with E-state index < -0.39 is 0 Å². The molecule has 28 heavy (non-hydrogen) atoms. The maximum Gasteiger partial charge on any atom is 0.163 e. The molecule has 0 bridgehead atoms. The van der Waals surface area contributed by atoms with Crippen molar-refractivity contribution in [2.24, 2.45) is 4.99 Å². The highest BCUT2D eigenvalue weighted by atomic mass is 32.1. The van der Waals surface area contributed by atoms with Gasteiger partial charge in [0.1, 0.15) is 22.7 Å². The van der Waals surface area contributed by atoms with E-state index in [9.17, 15) is 4.79 Å². The molecule has 1 aliphatic heterocycles. The molecule has 2 aromatic heterocycles.